The standard InChI is InChI=1S/C32H68B2/c1-10-19-20-21-22-27-32(33(28(15-6)23-11-2)29(16-7)24-12-3)34(30(17-8)25-13-4)31(18-9)26-14-5/h28-32H,10-27H2,1-9H3. The zero-order chi connectivity index (χ0) is 25.8. The lowest BCUT2D eigenvalue weighted by Crippen LogP contribution is -2.44. The molecule has 0 saturated carbocycles. The van der Waals surface area contributed by atoms with Gasteiger partial charge in [-0.1, -0.05) is 207 Å². The Hall–Kier alpha value is 0.130. The van der Waals surface area contributed by atoms with E-state index in [1.807, 2.05) is 0 Å². The molecule has 0 bridgehead atoms. The first-order valence-electron chi connectivity index (χ1n) is 16.5. The van der Waals surface area contributed by atoms with E-state index in [-0.39, 0.29) is 0 Å². The van der Waals surface area contributed by atoms with Crippen LogP contribution in [-0.2, 0) is 0 Å². The highest BCUT2D eigenvalue weighted by atomic mass is 14.2. The van der Waals surface area contributed by atoms with Gasteiger partial charge in [0.25, 0.3) is 0 Å². The van der Waals surface area contributed by atoms with Crippen molar-refractivity contribution in [2.24, 2.45) is 0 Å². The van der Waals surface area contributed by atoms with Crippen LogP contribution in [0.25, 0.3) is 0 Å². The van der Waals surface area contributed by atoms with E-state index in [2.05, 4.69) is 62.3 Å². The van der Waals surface area contributed by atoms with Gasteiger partial charge in [0.2, 0.25) is 0 Å². The molecule has 0 amide bonds. The van der Waals surface area contributed by atoms with Crippen molar-refractivity contribution in [1.29, 1.82) is 0 Å². The molecule has 0 aromatic carbocycles. The fourth-order valence-corrected chi connectivity index (χ4v) is 7.95. The topological polar surface area (TPSA) is 0 Å². The maximum Gasteiger partial charge on any atom is 0.142 e. The lowest BCUT2D eigenvalue weighted by molar-refractivity contribution is 0.567. The zero-order valence-electron chi connectivity index (χ0n) is 25.8. The molecule has 2 heteroatoms. The van der Waals surface area contributed by atoms with E-state index >= 15 is 0 Å². The van der Waals surface area contributed by atoms with Crippen molar-refractivity contribution >= 4 is 13.4 Å². The third-order valence-corrected chi connectivity index (χ3v) is 9.54. The Balaban J connectivity index is 6.51. The van der Waals surface area contributed by atoms with Crippen LogP contribution in [0.15, 0.2) is 0 Å². The minimum absolute atomic E-state index is 0.933. The lowest BCUT2D eigenvalue weighted by Gasteiger charge is -2.44. The average Bonchev–Trinajstić information content (AvgIpc) is 2.85. The molecule has 0 N–H and O–H groups in total. The maximum absolute atomic E-state index is 2.52. The molecule has 0 aromatic heterocycles. The summed E-state index contributed by atoms with van der Waals surface area (Å²) in [6, 6.07) is 0. The van der Waals surface area contributed by atoms with Crippen LogP contribution >= 0.6 is 0 Å². The first-order chi connectivity index (χ1) is 16.5. The van der Waals surface area contributed by atoms with E-state index in [0.717, 1.165) is 42.4 Å². The predicted octanol–water partition coefficient (Wildman–Crippen LogP) is 12.6. The molecule has 0 heterocycles. The average molecular weight is 475 g/mol. The maximum atomic E-state index is 2.52. The summed E-state index contributed by atoms with van der Waals surface area (Å²) in [5.41, 5.74) is 0.947. The molecular formula is C32H68B2. The SMILES string of the molecule is CCCCCCCC(B(C(CC)CCC)C(CC)CCC)B(C(CC)CCC)C(CC)CCC. The Morgan fingerprint density at radius 2 is 0.676 bits per heavy atom. The van der Waals surface area contributed by atoms with Crippen LogP contribution in [-0.4, -0.2) is 13.4 Å². The van der Waals surface area contributed by atoms with E-state index < -0.39 is 0 Å². The van der Waals surface area contributed by atoms with Gasteiger partial charge in [0.15, 0.2) is 0 Å². The summed E-state index contributed by atoms with van der Waals surface area (Å²) >= 11 is 0. The van der Waals surface area contributed by atoms with Crippen LogP contribution in [0.1, 0.15) is 178 Å². The summed E-state index contributed by atoms with van der Waals surface area (Å²) in [6.45, 7) is 24.1. The summed E-state index contributed by atoms with van der Waals surface area (Å²) in [5, 5.41) is 0. The Bertz CT molecular complexity index is 363. The normalized spacial score (nSPS) is 16.1. The molecule has 0 rings (SSSR count). The number of hydrogen-bond acceptors (Lipinski definition) is 0. The molecule has 0 aliphatic heterocycles. The Morgan fingerprint density at radius 1 is 0.353 bits per heavy atom. The van der Waals surface area contributed by atoms with Gasteiger partial charge in [-0.05, 0) is 0 Å². The smallest absolute Gasteiger partial charge is 0.0820 e. The molecule has 4 atom stereocenters. The lowest BCUT2D eigenvalue weighted by atomic mass is 9.09. The van der Waals surface area contributed by atoms with Gasteiger partial charge in [0.05, 0.1) is 0 Å². The first-order valence-corrected chi connectivity index (χ1v) is 16.5. The molecular weight excluding hydrogens is 406 g/mol. The molecule has 202 valence electrons. The zero-order valence-corrected chi connectivity index (χ0v) is 25.8. The second-order valence-corrected chi connectivity index (χ2v) is 11.8. The summed E-state index contributed by atoms with van der Waals surface area (Å²) < 4.78 is 0. The summed E-state index contributed by atoms with van der Waals surface area (Å²) in [5.74, 6) is 3.73. The van der Waals surface area contributed by atoms with Gasteiger partial charge in [-0.15, -0.1) is 0 Å². The van der Waals surface area contributed by atoms with E-state index in [1.165, 1.54) is 116 Å². The van der Waals surface area contributed by atoms with Gasteiger partial charge in [-0.3, -0.25) is 0 Å². The Morgan fingerprint density at radius 3 is 0.941 bits per heavy atom. The van der Waals surface area contributed by atoms with Gasteiger partial charge in [0, 0.05) is 0 Å². The van der Waals surface area contributed by atoms with Crippen LogP contribution < -0.4 is 0 Å². The highest BCUT2D eigenvalue weighted by Crippen LogP contribution is 2.50. The molecule has 0 aromatic rings. The minimum atomic E-state index is 0.933. The van der Waals surface area contributed by atoms with Crippen LogP contribution in [0.2, 0.25) is 29.0 Å². The van der Waals surface area contributed by atoms with Crippen molar-refractivity contribution in [2.45, 2.75) is 207 Å². The van der Waals surface area contributed by atoms with Crippen LogP contribution in [0.4, 0.5) is 0 Å². The molecule has 0 radical (unpaired) electrons. The summed E-state index contributed by atoms with van der Waals surface area (Å²) in [4.78, 5) is 0. The highest BCUT2D eigenvalue weighted by molar-refractivity contribution is 6.82. The molecule has 0 saturated heterocycles. The van der Waals surface area contributed by atoms with Gasteiger partial charge in [-0.25, -0.2) is 0 Å². The summed E-state index contributed by atoms with van der Waals surface area (Å²) in [6.07, 6.45) is 25.6. The third kappa shape index (κ3) is 11.9. The van der Waals surface area contributed by atoms with Crippen molar-refractivity contribution in [1.82, 2.24) is 0 Å². The number of hydrogen-bond donors (Lipinski definition) is 0. The third-order valence-electron chi connectivity index (χ3n) is 9.54. The molecule has 0 nitrogen and oxygen atoms in total. The molecule has 34 heavy (non-hydrogen) atoms. The molecule has 0 spiro atoms. The van der Waals surface area contributed by atoms with E-state index in [1.54, 1.807) is 0 Å². The van der Waals surface area contributed by atoms with Crippen molar-refractivity contribution in [3.8, 4) is 0 Å². The number of unbranched alkanes of at least 4 members (excludes halogenated alkanes) is 4. The number of rotatable bonds is 24. The second-order valence-electron chi connectivity index (χ2n) is 11.8. The summed E-state index contributed by atoms with van der Waals surface area (Å²) in [7, 11) is 0. The monoisotopic (exact) mass is 475 g/mol. The Kier molecular flexibility index (Phi) is 22.4. The quantitative estimate of drug-likeness (QED) is 0.0964. The van der Waals surface area contributed by atoms with Crippen LogP contribution in [0.3, 0.4) is 0 Å². The highest BCUT2D eigenvalue weighted by Gasteiger charge is 2.45. The fraction of sp³-hybridized carbons (Fsp3) is 1.00. The van der Waals surface area contributed by atoms with E-state index in [9.17, 15) is 0 Å². The van der Waals surface area contributed by atoms with Gasteiger partial charge in [-0.2, -0.15) is 0 Å². The predicted molar refractivity (Wildman–Crippen MR) is 164 cm³/mol. The first kappa shape index (κ1) is 34.1. The van der Waals surface area contributed by atoms with E-state index in [0.29, 0.717) is 0 Å². The largest absolute Gasteiger partial charge is 0.142 e. The van der Waals surface area contributed by atoms with Crippen LogP contribution in [0.5, 0.6) is 0 Å². The van der Waals surface area contributed by atoms with E-state index in [4.69, 9.17) is 0 Å². The minimum Gasteiger partial charge on any atom is -0.0820 e. The molecule has 0 fully saturated rings. The van der Waals surface area contributed by atoms with Crippen molar-refractivity contribution in [3.63, 3.8) is 0 Å². The van der Waals surface area contributed by atoms with Crippen molar-refractivity contribution in [2.75, 3.05) is 0 Å². The molecule has 0 aliphatic rings. The van der Waals surface area contributed by atoms with Gasteiger partial charge >= 0.3 is 0 Å². The Labute approximate surface area is 220 Å². The molecule has 4 unspecified atom stereocenters. The molecule has 0 aliphatic carbocycles. The fourth-order valence-electron chi connectivity index (χ4n) is 7.95. The van der Waals surface area contributed by atoms with Gasteiger partial charge in [0.1, 0.15) is 13.4 Å². The van der Waals surface area contributed by atoms with Crippen molar-refractivity contribution < 1.29 is 0 Å². The van der Waals surface area contributed by atoms with Crippen molar-refractivity contribution in [3.05, 3.63) is 0 Å². The second kappa shape index (κ2) is 22.3. The van der Waals surface area contributed by atoms with Crippen LogP contribution in [0, 0.1) is 0 Å². The van der Waals surface area contributed by atoms with Gasteiger partial charge < -0.3 is 0 Å².